The quantitative estimate of drug-likeness (QED) is 0.314. The van der Waals surface area contributed by atoms with E-state index in [1.165, 1.54) is 12.1 Å². The Balaban J connectivity index is 0.00000392. The van der Waals surface area contributed by atoms with Crippen LogP contribution in [0.25, 0.3) is 0 Å². The van der Waals surface area contributed by atoms with E-state index in [1.807, 2.05) is 45.3 Å². The van der Waals surface area contributed by atoms with E-state index < -0.39 is 0 Å². The van der Waals surface area contributed by atoms with E-state index >= 15 is 0 Å². The number of rotatable bonds is 9. The molecule has 28 heavy (non-hydrogen) atoms. The number of benzene rings is 2. The van der Waals surface area contributed by atoms with Crippen molar-refractivity contribution in [2.75, 3.05) is 33.8 Å². The predicted molar refractivity (Wildman–Crippen MR) is 124 cm³/mol. The number of hydrogen-bond acceptors (Lipinski definition) is 3. The molecular formula is C21H30FIN4O. The second kappa shape index (κ2) is 13.3. The van der Waals surface area contributed by atoms with Gasteiger partial charge < -0.3 is 20.3 Å². The van der Waals surface area contributed by atoms with Crippen LogP contribution < -0.4 is 15.4 Å². The SMILES string of the molecule is CCNC(=NCc1cccc(OCCN(C)C)c1)NCc1ccc(F)cc1.I. The molecule has 0 heterocycles. The maximum atomic E-state index is 13.0. The number of guanidine groups is 1. The fourth-order valence-electron chi connectivity index (χ4n) is 2.38. The first-order chi connectivity index (χ1) is 13.1. The van der Waals surface area contributed by atoms with Crippen LogP contribution >= 0.6 is 24.0 Å². The summed E-state index contributed by atoms with van der Waals surface area (Å²) in [6.45, 7) is 5.45. The molecule has 0 aliphatic rings. The second-order valence-corrected chi connectivity index (χ2v) is 6.47. The summed E-state index contributed by atoms with van der Waals surface area (Å²) in [4.78, 5) is 6.71. The molecule has 0 bridgehead atoms. The molecule has 7 heteroatoms. The first-order valence-corrected chi connectivity index (χ1v) is 9.20. The number of halogens is 2. The summed E-state index contributed by atoms with van der Waals surface area (Å²) in [5.74, 6) is 1.35. The number of hydrogen-bond donors (Lipinski definition) is 2. The van der Waals surface area contributed by atoms with E-state index in [-0.39, 0.29) is 29.8 Å². The molecule has 0 fully saturated rings. The highest BCUT2D eigenvalue weighted by atomic mass is 127. The fraction of sp³-hybridized carbons (Fsp3) is 0.381. The van der Waals surface area contributed by atoms with Crippen LogP contribution in [0, 0.1) is 5.82 Å². The Morgan fingerprint density at radius 2 is 1.82 bits per heavy atom. The van der Waals surface area contributed by atoms with Crippen molar-refractivity contribution in [1.82, 2.24) is 15.5 Å². The van der Waals surface area contributed by atoms with E-state index in [1.54, 1.807) is 12.1 Å². The van der Waals surface area contributed by atoms with Gasteiger partial charge in [0.05, 0.1) is 6.54 Å². The minimum absolute atomic E-state index is 0. The van der Waals surface area contributed by atoms with E-state index in [2.05, 4.69) is 20.5 Å². The monoisotopic (exact) mass is 500 g/mol. The molecule has 2 N–H and O–H groups in total. The van der Waals surface area contributed by atoms with Crippen molar-refractivity contribution >= 4 is 29.9 Å². The lowest BCUT2D eigenvalue weighted by molar-refractivity contribution is 0.261. The van der Waals surface area contributed by atoms with E-state index in [4.69, 9.17) is 4.74 Å². The first kappa shape index (κ1) is 24.2. The summed E-state index contributed by atoms with van der Waals surface area (Å²) in [5.41, 5.74) is 2.08. The van der Waals surface area contributed by atoms with Gasteiger partial charge in [0, 0.05) is 19.6 Å². The number of nitrogens with one attached hydrogen (secondary N) is 2. The molecule has 2 aromatic rings. The number of nitrogens with zero attached hydrogens (tertiary/aromatic N) is 2. The van der Waals surface area contributed by atoms with Gasteiger partial charge in [-0.1, -0.05) is 24.3 Å². The predicted octanol–water partition coefficient (Wildman–Crippen LogP) is 3.64. The highest BCUT2D eigenvalue weighted by molar-refractivity contribution is 14.0. The molecule has 0 aromatic heterocycles. The maximum absolute atomic E-state index is 13.0. The Labute approximate surface area is 184 Å². The molecule has 0 spiro atoms. The summed E-state index contributed by atoms with van der Waals surface area (Å²) < 4.78 is 18.8. The van der Waals surface area contributed by atoms with Crippen LogP contribution in [0.4, 0.5) is 4.39 Å². The van der Waals surface area contributed by atoms with Gasteiger partial charge in [0.15, 0.2) is 5.96 Å². The molecule has 0 radical (unpaired) electrons. The minimum Gasteiger partial charge on any atom is -0.492 e. The molecule has 0 aliphatic heterocycles. The average molecular weight is 500 g/mol. The number of likely N-dealkylation sites (N-methyl/N-ethyl adjacent to an activating group) is 1. The van der Waals surface area contributed by atoms with Crippen LogP contribution in [-0.2, 0) is 13.1 Å². The van der Waals surface area contributed by atoms with Gasteiger partial charge in [0.2, 0.25) is 0 Å². The van der Waals surface area contributed by atoms with Crippen molar-refractivity contribution in [3.8, 4) is 5.75 Å². The Hall–Kier alpha value is -1.87. The Morgan fingerprint density at radius 3 is 2.50 bits per heavy atom. The summed E-state index contributed by atoms with van der Waals surface area (Å²) in [7, 11) is 4.05. The lowest BCUT2D eigenvalue weighted by Crippen LogP contribution is -2.36. The molecule has 154 valence electrons. The van der Waals surface area contributed by atoms with Gasteiger partial charge in [-0.3, -0.25) is 0 Å². The number of aliphatic imine (C=N–C) groups is 1. The fourth-order valence-corrected chi connectivity index (χ4v) is 2.38. The molecule has 2 rings (SSSR count). The van der Waals surface area contributed by atoms with E-state index in [9.17, 15) is 4.39 Å². The topological polar surface area (TPSA) is 48.9 Å². The Bertz CT molecular complexity index is 723. The largest absolute Gasteiger partial charge is 0.492 e. The minimum atomic E-state index is -0.230. The van der Waals surface area contributed by atoms with E-state index in [0.29, 0.717) is 19.7 Å². The summed E-state index contributed by atoms with van der Waals surface area (Å²) in [5, 5.41) is 6.49. The van der Waals surface area contributed by atoms with Crippen molar-refractivity contribution in [2.24, 2.45) is 4.99 Å². The van der Waals surface area contributed by atoms with Gasteiger partial charge in [-0.25, -0.2) is 9.38 Å². The van der Waals surface area contributed by atoms with Crippen molar-refractivity contribution in [1.29, 1.82) is 0 Å². The molecule has 0 unspecified atom stereocenters. The summed E-state index contributed by atoms with van der Waals surface area (Å²) in [6, 6.07) is 14.4. The number of ether oxygens (including phenoxy) is 1. The molecule has 0 aliphatic carbocycles. The Morgan fingerprint density at radius 1 is 1.07 bits per heavy atom. The van der Waals surface area contributed by atoms with E-state index in [0.717, 1.165) is 35.9 Å². The Kier molecular flexibility index (Phi) is 11.5. The van der Waals surface area contributed by atoms with Crippen LogP contribution in [0.3, 0.4) is 0 Å². The molecular weight excluding hydrogens is 470 g/mol. The second-order valence-electron chi connectivity index (χ2n) is 6.47. The van der Waals surface area contributed by atoms with Gasteiger partial charge >= 0.3 is 0 Å². The normalized spacial score (nSPS) is 11.1. The highest BCUT2D eigenvalue weighted by Gasteiger charge is 2.01. The van der Waals surface area contributed by atoms with Gasteiger partial charge in [-0.2, -0.15) is 0 Å². The average Bonchev–Trinajstić information content (AvgIpc) is 2.65. The van der Waals surface area contributed by atoms with Crippen molar-refractivity contribution in [2.45, 2.75) is 20.0 Å². The third-order valence-electron chi connectivity index (χ3n) is 3.84. The first-order valence-electron chi connectivity index (χ1n) is 9.20. The standard InChI is InChI=1S/C21H29FN4O.HI/c1-4-23-21(24-15-17-8-10-19(22)11-9-17)25-16-18-6-5-7-20(14-18)27-13-12-26(2)3;/h5-11,14H,4,12-13,15-16H2,1-3H3,(H2,23,24,25);1H. The van der Waals surface area contributed by atoms with Crippen LogP contribution in [-0.4, -0.2) is 44.7 Å². The van der Waals surface area contributed by atoms with Gasteiger partial charge in [0.25, 0.3) is 0 Å². The van der Waals surface area contributed by atoms with Crippen molar-refractivity contribution < 1.29 is 9.13 Å². The van der Waals surface area contributed by atoms with Crippen LogP contribution in [0.2, 0.25) is 0 Å². The molecule has 0 amide bonds. The highest BCUT2D eigenvalue weighted by Crippen LogP contribution is 2.14. The zero-order valence-corrected chi connectivity index (χ0v) is 19.1. The van der Waals surface area contributed by atoms with Crippen LogP contribution in [0.5, 0.6) is 5.75 Å². The van der Waals surface area contributed by atoms with Crippen LogP contribution in [0.1, 0.15) is 18.1 Å². The van der Waals surface area contributed by atoms with Gasteiger partial charge in [0.1, 0.15) is 18.2 Å². The molecule has 0 saturated carbocycles. The zero-order valence-electron chi connectivity index (χ0n) is 16.7. The molecule has 0 atom stereocenters. The molecule has 2 aromatic carbocycles. The van der Waals surface area contributed by atoms with Gasteiger partial charge in [-0.05, 0) is 56.4 Å². The maximum Gasteiger partial charge on any atom is 0.191 e. The lowest BCUT2D eigenvalue weighted by Gasteiger charge is -2.12. The molecule has 0 saturated heterocycles. The molecule has 5 nitrogen and oxygen atoms in total. The third-order valence-corrected chi connectivity index (χ3v) is 3.84. The van der Waals surface area contributed by atoms with Crippen molar-refractivity contribution in [3.05, 3.63) is 65.5 Å². The lowest BCUT2D eigenvalue weighted by atomic mass is 10.2. The zero-order chi connectivity index (χ0) is 19.5. The van der Waals surface area contributed by atoms with Crippen LogP contribution in [0.15, 0.2) is 53.5 Å². The third kappa shape index (κ3) is 9.36. The summed E-state index contributed by atoms with van der Waals surface area (Å²) >= 11 is 0. The van der Waals surface area contributed by atoms with Gasteiger partial charge in [-0.15, -0.1) is 24.0 Å². The summed E-state index contributed by atoms with van der Waals surface area (Å²) in [6.07, 6.45) is 0. The smallest absolute Gasteiger partial charge is 0.191 e. The van der Waals surface area contributed by atoms with Crippen molar-refractivity contribution in [3.63, 3.8) is 0 Å².